The quantitative estimate of drug-likeness (QED) is 0.472. The maximum atomic E-state index is 11.8. The lowest BCUT2D eigenvalue weighted by atomic mass is 9.99. The molecule has 2 aliphatic rings. The zero-order valence-electron chi connectivity index (χ0n) is 19.5. The second-order valence-electron chi connectivity index (χ2n) is 9.13. The highest BCUT2D eigenvalue weighted by atomic mass is 35.6. The average molecular weight is 542 g/mol. The molecule has 9 heteroatoms. The molecule has 0 saturated carbocycles. The normalized spacial score (nSPS) is 23.7. The molecule has 2 aromatic carbocycles. The molecular formula is C26H31Cl3N2O4. The van der Waals surface area contributed by atoms with Crippen molar-refractivity contribution in [3.63, 3.8) is 0 Å². The largest absolute Gasteiger partial charge is 0.392 e. The van der Waals surface area contributed by atoms with E-state index in [2.05, 4.69) is 10.2 Å². The Morgan fingerprint density at radius 1 is 0.943 bits per heavy atom. The summed E-state index contributed by atoms with van der Waals surface area (Å²) in [5.41, 5.74) is 3.72. The number of benzene rings is 2. The number of carbonyl (C=O) groups is 1. The topological polar surface area (TPSA) is 71.0 Å². The summed E-state index contributed by atoms with van der Waals surface area (Å²) in [5.74, 6) is -0.666. The molecular weight excluding hydrogens is 511 g/mol. The van der Waals surface area contributed by atoms with Crippen molar-refractivity contribution in [1.82, 2.24) is 10.2 Å². The van der Waals surface area contributed by atoms with Gasteiger partial charge < -0.3 is 24.8 Å². The fourth-order valence-electron chi connectivity index (χ4n) is 4.54. The SMILES string of the molecule is O=C(NCc1ccc([C@H]2O[C@@H](CN3CCCCC3)C[C@@H](c3ccc(CO)cc3)O2)cc1)C(Cl)(Cl)Cl. The molecule has 4 rings (SSSR count). The van der Waals surface area contributed by atoms with Crippen LogP contribution in [-0.2, 0) is 27.4 Å². The highest BCUT2D eigenvalue weighted by Gasteiger charge is 2.33. The average Bonchev–Trinajstić information content (AvgIpc) is 2.87. The lowest BCUT2D eigenvalue weighted by Gasteiger charge is -2.39. The van der Waals surface area contributed by atoms with E-state index in [0.29, 0.717) is 0 Å². The lowest BCUT2D eigenvalue weighted by Crippen LogP contribution is -2.41. The molecule has 2 heterocycles. The molecule has 0 aliphatic carbocycles. The molecule has 0 unspecified atom stereocenters. The molecule has 2 aromatic rings. The van der Waals surface area contributed by atoms with Crippen molar-refractivity contribution in [2.45, 2.75) is 61.1 Å². The van der Waals surface area contributed by atoms with Gasteiger partial charge >= 0.3 is 0 Å². The molecule has 2 saturated heterocycles. The van der Waals surface area contributed by atoms with Crippen molar-refractivity contribution < 1.29 is 19.4 Å². The number of carbonyl (C=O) groups excluding carboxylic acids is 1. The molecule has 6 nitrogen and oxygen atoms in total. The number of hydrogen-bond acceptors (Lipinski definition) is 5. The van der Waals surface area contributed by atoms with Gasteiger partial charge in [-0.3, -0.25) is 4.79 Å². The molecule has 1 amide bonds. The first-order valence-electron chi connectivity index (χ1n) is 12.0. The highest BCUT2D eigenvalue weighted by molar-refractivity contribution is 6.76. The molecule has 2 fully saturated rings. The van der Waals surface area contributed by atoms with Crippen LogP contribution in [0.3, 0.4) is 0 Å². The van der Waals surface area contributed by atoms with Gasteiger partial charge in [0.2, 0.25) is 0 Å². The van der Waals surface area contributed by atoms with Gasteiger partial charge in [-0.15, -0.1) is 0 Å². The Bertz CT molecular complexity index is 960. The van der Waals surface area contributed by atoms with Gasteiger partial charge in [0.15, 0.2) is 6.29 Å². The van der Waals surface area contributed by atoms with Crippen LogP contribution >= 0.6 is 34.8 Å². The van der Waals surface area contributed by atoms with Crippen molar-refractivity contribution in [2.24, 2.45) is 0 Å². The number of aliphatic hydroxyl groups excluding tert-OH is 1. The predicted octanol–water partition coefficient (Wildman–Crippen LogP) is 5.20. The smallest absolute Gasteiger partial charge is 0.272 e. The van der Waals surface area contributed by atoms with E-state index in [1.807, 2.05) is 48.5 Å². The van der Waals surface area contributed by atoms with Crippen LogP contribution in [0.1, 0.15) is 60.3 Å². The zero-order valence-corrected chi connectivity index (χ0v) is 21.7. The summed E-state index contributed by atoms with van der Waals surface area (Å²) in [6, 6.07) is 15.6. The number of halogens is 3. The zero-order chi connectivity index (χ0) is 24.8. The van der Waals surface area contributed by atoms with Gasteiger partial charge in [0.05, 0.1) is 18.8 Å². The van der Waals surface area contributed by atoms with Crippen LogP contribution in [-0.4, -0.2) is 45.4 Å². The fraction of sp³-hybridized carbons (Fsp3) is 0.500. The van der Waals surface area contributed by atoms with Gasteiger partial charge in [0.25, 0.3) is 9.70 Å². The molecule has 0 aromatic heterocycles. The minimum absolute atomic E-state index is 0.0175. The predicted molar refractivity (Wildman–Crippen MR) is 137 cm³/mol. The maximum absolute atomic E-state index is 11.8. The maximum Gasteiger partial charge on any atom is 0.272 e. The van der Waals surface area contributed by atoms with Gasteiger partial charge in [-0.05, 0) is 42.6 Å². The lowest BCUT2D eigenvalue weighted by molar-refractivity contribution is -0.253. The van der Waals surface area contributed by atoms with E-state index >= 15 is 0 Å². The third-order valence-electron chi connectivity index (χ3n) is 6.49. The number of ether oxygens (including phenoxy) is 2. The number of aliphatic hydroxyl groups is 1. The monoisotopic (exact) mass is 540 g/mol. The molecule has 190 valence electrons. The van der Waals surface area contributed by atoms with Crippen molar-refractivity contribution in [3.8, 4) is 0 Å². The van der Waals surface area contributed by atoms with Crippen LogP contribution in [0.4, 0.5) is 0 Å². The molecule has 0 bridgehead atoms. The van der Waals surface area contributed by atoms with Crippen LogP contribution in [0.2, 0.25) is 0 Å². The van der Waals surface area contributed by atoms with Gasteiger partial charge in [0, 0.05) is 25.1 Å². The number of nitrogens with one attached hydrogen (secondary N) is 1. The standard InChI is InChI=1S/C26H31Cl3N2O4/c27-26(28,29)25(33)30-15-18-4-10-21(11-5-18)24-34-22(16-31-12-2-1-3-13-31)14-23(35-24)20-8-6-19(17-32)7-9-20/h4-11,22-24,32H,1-3,12-17H2,(H,30,33)/t22-,23+,24+/m1/s1. The minimum Gasteiger partial charge on any atom is -0.392 e. The number of alkyl halides is 3. The Balaban J connectivity index is 1.46. The van der Waals surface area contributed by atoms with Crippen LogP contribution in [0.5, 0.6) is 0 Å². The summed E-state index contributed by atoms with van der Waals surface area (Å²) < 4.78 is 10.8. The van der Waals surface area contributed by atoms with Crippen LogP contribution in [0, 0.1) is 0 Å². The first-order valence-corrected chi connectivity index (χ1v) is 13.1. The Labute approximate surface area is 221 Å². The van der Waals surface area contributed by atoms with E-state index in [0.717, 1.165) is 48.3 Å². The molecule has 2 aliphatic heterocycles. The van der Waals surface area contributed by atoms with Gasteiger partial charge in [-0.1, -0.05) is 89.8 Å². The summed E-state index contributed by atoms with van der Waals surface area (Å²) in [6.07, 6.45) is 3.95. The summed E-state index contributed by atoms with van der Waals surface area (Å²) in [5, 5.41) is 12.0. The molecule has 2 N–H and O–H groups in total. The van der Waals surface area contributed by atoms with Crippen molar-refractivity contribution in [1.29, 1.82) is 0 Å². The summed E-state index contributed by atoms with van der Waals surface area (Å²) >= 11 is 16.8. The second-order valence-corrected chi connectivity index (χ2v) is 11.4. The fourth-order valence-corrected chi connectivity index (χ4v) is 4.74. The van der Waals surface area contributed by atoms with Crippen molar-refractivity contribution in [3.05, 3.63) is 70.8 Å². The number of rotatable bonds is 7. The Morgan fingerprint density at radius 2 is 1.57 bits per heavy atom. The molecule has 0 spiro atoms. The number of amides is 1. The van der Waals surface area contributed by atoms with Crippen molar-refractivity contribution in [2.75, 3.05) is 19.6 Å². The highest BCUT2D eigenvalue weighted by Crippen LogP contribution is 2.38. The van der Waals surface area contributed by atoms with E-state index in [1.165, 1.54) is 19.3 Å². The van der Waals surface area contributed by atoms with Crippen LogP contribution < -0.4 is 5.32 Å². The Kier molecular flexibility index (Phi) is 9.33. The summed E-state index contributed by atoms with van der Waals surface area (Å²) in [7, 11) is 0. The Morgan fingerprint density at radius 3 is 2.20 bits per heavy atom. The van der Waals surface area contributed by atoms with E-state index in [4.69, 9.17) is 44.3 Å². The van der Waals surface area contributed by atoms with Crippen molar-refractivity contribution >= 4 is 40.7 Å². The van der Waals surface area contributed by atoms with Gasteiger partial charge in [0.1, 0.15) is 0 Å². The van der Waals surface area contributed by atoms with Gasteiger partial charge in [-0.25, -0.2) is 0 Å². The Hall–Kier alpha value is -1.38. The second kappa shape index (κ2) is 12.2. The molecule has 0 radical (unpaired) electrons. The third kappa shape index (κ3) is 7.56. The molecule has 35 heavy (non-hydrogen) atoms. The summed E-state index contributed by atoms with van der Waals surface area (Å²) in [6.45, 7) is 3.36. The summed E-state index contributed by atoms with van der Waals surface area (Å²) in [4.78, 5) is 14.3. The van der Waals surface area contributed by atoms with Crippen LogP contribution in [0.15, 0.2) is 48.5 Å². The first-order chi connectivity index (χ1) is 16.8. The van der Waals surface area contributed by atoms with Crippen LogP contribution in [0.25, 0.3) is 0 Å². The first kappa shape index (κ1) is 26.7. The third-order valence-corrected chi connectivity index (χ3v) is 7.00. The van der Waals surface area contributed by atoms with E-state index in [1.54, 1.807) is 0 Å². The van der Waals surface area contributed by atoms with E-state index < -0.39 is 16.0 Å². The number of nitrogens with zero attached hydrogens (tertiary/aromatic N) is 1. The van der Waals surface area contributed by atoms with E-state index in [-0.39, 0.29) is 25.4 Å². The molecule has 3 atom stereocenters. The number of hydrogen-bond donors (Lipinski definition) is 2. The number of piperidine rings is 1. The number of likely N-dealkylation sites (tertiary alicyclic amines) is 1. The van der Waals surface area contributed by atoms with Gasteiger partial charge in [-0.2, -0.15) is 0 Å². The van der Waals surface area contributed by atoms with E-state index in [9.17, 15) is 9.90 Å². The minimum atomic E-state index is -1.99.